The van der Waals surface area contributed by atoms with Gasteiger partial charge in [-0.25, -0.2) is 13.8 Å². The van der Waals surface area contributed by atoms with Crippen molar-refractivity contribution in [2.75, 3.05) is 0 Å². The van der Waals surface area contributed by atoms with Gasteiger partial charge in [0.05, 0.1) is 5.69 Å². The summed E-state index contributed by atoms with van der Waals surface area (Å²) >= 11 is 5.36. The average Bonchev–Trinajstić information content (AvgIpc) is 2.44. The van der Waals surface area contributed by atoms with E-state index in [9.17, 15) is 18.8 Å². The van der Waals surface area contributed by atoms with E-state index in [2.05, 4.69) is 6.58 Å². The molecule has 0 amide bonds. The van der Waals surface area contributed by atoms with Gasteiger partial charge in [0.15, 0.2) is 0 Å². The van der Waals surface area contributed by atoms with Crippen LogP contribution in [-0.2, 0) is 6.54 Å². The molecule has 0 bridgehead atoms. The van der Waals surface area contributed by atoms with E-state index < -0.39 is 22.3 Å². The van der Waals surface area contributed by atoms with Gasteiger partial charge in [0, 0.05) is 12.7 Å². The zero-order valence-electron chi connectivity index (χ0n) is 10.8. The van der Waals surface area contributed by atoms with E-state index in [1.807, 2.05) is 0 Å². The number of carbonyl (C=O) groups is 1. The smallest absolute Gasteiger partial charge is 0.296 e. The van der Waals surface area contributed by atoms with E-state index in [1.54, 1.807) is 0 Å². The highest BCUT2D eigenvalue weighted by Gasteiger charge is 2.16. The van der Waals surface area contributed by atoms with Crippen LogP contribution in [0.5, 0.6) is 0 Å². The highest BCUT2D eigenvalue weighted by Crippen LogP contribution is 2.06. The van der Waals surface area contributed by atoms with Crippen molar-refractivity contribution >= 4 is 16.8 Å². The van der Waals surface area contributed by atoms with E-state index in [4.69, 9.17) is 11.6 Å². The van der Waals surface area contributed by atoms with Crippen LogP contribution in [0.3, 0.4) is 0 Å². The Morgan fingerprint density at radius 3 is 2.43 bits per heavy atom. The first kappa shape index (κ1) is 14.9. The molecule has 0 unspecified atom stereocenters. The lowest BCUT2D eigenvalue weighted by Gasteiger charge is -2.10. The van der Waals surface area contributed by atoms with Crippen LogP contribution in [0.2, 0.25) is 0 Å². The molecule has 0 aliphatic carbocycles. The largest absolute Gasteiger partial charge is 0.335 e. The van der Waals surface area contributed by atoms with Gasteiger partial charge in [0.25, 0.3) is 10.8 Å². The molecule has 0 aliphatic heterocycles. The van der Waals surface area contributed by atoms with Gasteiger partial charge in [0.1, 0.15) is 11.4 Å². The van der Waals surface area contributed by atoms with Gasteiger partial charge >= 0.3 is 5.69 Å². The van der Waals surface area contributed by atoms with Crippen LogP contribution in [0.15, 0.2) is 52.7 Å². The first-order valence-corrected chi connectivity index (χ1v) is 6.26. The molecule has 0 fully saturated rings. The molecule has 2 aromatic rings. The maximum Gasteiger partial charge on any atom is 0.335 e. The zero-order valence-corrected chi connectivity index (χ0v) is 11.5. The minimum absolute atomic E-state index is 0.0947. The van der Waals surface area contributed by atoms with Gasteiger partial charge in [-0.15, -0.1) is 6.58 Å². The number of hydrogen-bond donors (Lipinski definition) is 0. The topological polar surface area (TPSA) is 61.1 Å². The van der Waals surface area contributed by atoms with Crippen molar-refractivity contribution in [3.05, 3.63) is 75.3 Å². The normalized spacial score (nSPS) is 10.4. The number of allylic oxidation sites excluding steroid dienone is 1. The number of nitrogens with zero attached hydrogens (tertiary/aromatic N) is 2. The second kappa shape index (κ2) is 5.88. The second-order valence-corrected chi connectivity index (χ2v) is 4.50. The van der Waals surface area contributed by atoms with Gasteiger partial charge in [-0.3, -0.25) is 14.2 Å². The fraction of sp³-hybridized carbons (Fsp3) is 0.0714. The molecule has 0 aliphatic rings. The molecule has 0 N–H and O–H groups in total. The van der Waals surface area contributed by atoms with Gasteiger partial charge in [0.2, 0.25) is 0 Å². The Morgan fingerprint density at radius 2 is 1.90 bits per heavy atom. The summed E-state index contributed by atoms with van der Waals surface area (Å²) in [6.45, 7) is 3.59. The Hall–Kier alpha value is -2.47. The molecule has 2 rings (SSSR count). The standard InChI is InChI=1S/C14H10ClFN2O3/c1-2-7-17-8-11(12(15)19)13(20)18(14(17)21)10-5-3-9(16)4-6-10/h2-6,8H,1,7H2. The Morgan fingerprint density at radius 1 is 1.29 bits per heavy atom. The van der Waals surface area contributed by atoms with Crippen molar-refractivity contribution in [3.63, 3.8) is 0 Å². The lowest BCUT2D eigenvalue weighted by atomic mass is 10.3. The number of rotatable bonds is 4. The molecular weight excluding hydrogens is 299 g/mol. The molecule has 5 nitrogen and oxygen atoms in total. The Kier molecular flexibility index (Phi) is 4.18. The van der Waals surface area contributed by atoms with E-state index >= 15 is 0 Å². The van der Waals surface area contributed by atoms with E-state index in [1.165, 1.54) is 18.2 Å². The van der Waals surface area contributed by atoms with Gasteiger partial charge in [-0.1, -0.05) is 6.08 Å². The van der Waals surface area contributed by atoms with Crippen LogP contribution in [0.1, 0.15) is 10.4 Å². The SMILES string of the molecule is C=CCn1cc(C(=O)Cl)c(=O)n(-c2ccc(F)cc2)c1=O. The monoisotopic (exact) mass is 308 g/mol. The molecule has 0 spiro atoms. The fourth-order valence-corrected chi connectivity index (χ4v) is 1.95. The van der Waals surface area contributed by atoms with Crippen molar-refractivity contribution in [3.8, 4) is 5.69 Å². The average molecular weight is 309 g/mol. The van der Waals surface area contributed by atoms with Crippen LogP contribution in [0.25, 0.3) is 5.69 Å². The minimum Gasteiger partial charge on any atom is -0.296 e. The Balaban J connectivity index is 2.83. The lowest BCUT2D eigenvalue weighted by molar-refractivity contribution is 0.107. The summed E-state index contributed by atoms with van der Waals surface area (Å²) in [6, 6.07) is 4.74. The summed E-state index contributed by atoms with van der Waals surface area (Å²) in [5.41, 5.74) is -1.73. The van der Waals surface area contributed by atoms with Crippen molar-refractivity contribution in [2.24, 2.45) is 0 Å². The third kappa shape index (κ3) is 2.85. The predicted molar refractivity (Wildman–Crippen MR) is 76.6 cm³/mol. The van der Waals surface area contributed by atoms with Crippen molar-refractivity contribution in [1.29, 1.82) is 0 Å². The molecule has 1 aromatic carbocycles. The predicted octanol–water partition coefficient (Wildman–Crippen LogP) is 1.70. The van der Waals surface area contributed by atoms with Gasteiger partial charge in [-0.05, 0) is 35.9 Å². The number of aromatic nitrogens is 2. The van der Waals surface area contributed by atoms with Crippen molar-refractivity contribution in [2.45, 2.75) is 6.54 Å². The van der Waals surface area contributed by atoms with Gasteiger partial charge in [-0.2, -0.15) is 0 Å². The third-order valence-electron chi connectivity index (χ3n) is 2.78. The molecule has 0 saturated heterocycles. The molecule has 0 saturated carbocycles. The first-order chi connectivity index (χ1) is 9.95. The summed E-state index contributed by atoms with van der Waals surface area (Å²) in [4.78, 5) is 35.8. The highest BCUT2D eigenvalue weighted by atomic mass is 35.5. The summed E-state index contributed by atoms with van der Waals surface area (Å²) in [6.07, 6.45) is 2.52. The third-order valence-corrected chi connectivity index (χ3v) is 2.98. The van der Waals surface area contributed by atoms with Crippen LogP contribution in [0.4, 0.5) is 4.39 Å². The van der Waals surface area contributed by atoms with Crippen LogP contribution in [-0.4, -0.2) is 14.4 Å². The maximum atomic E-state index is 13.0. The Labute approximate surface area is 123 Å². The number of benzene rings is 1. The van der Waals surface area contributed by atoms with E-state index in [-0.39, 0.29) is 17.8 Å². The lowest BCUT2D eigenvalue weighted by Crippen LogP contribution is -2.40. The molecule has 1 heterocycles. The van der Waals surface area contributed by atoms with Crippen LogP contribution < -0.4 is 11.2 Å². The quantitative estimate of drug-likeness (QED) is 0.638. The molecule has 1 aromatic heterocycles. The summed E-state index contributed by atoms with van der Waals surface area (Å²) < 4.78 is 14.8. The fourth-order valence-electron chi connectivity index (χ4n) is 1.82. The summed E-state index contributed by atoms with van der Waals surface area (Å²) in [5.74, 6) is -0.511. The number of carbonyl (C=O) groups excluding carboxylic acids is 1. The highest BCUT2D eigenvalue weighted by molar-refractivity contribution is 6.67. The number of hydrogen-bond acceptors (Lipinski definition) is 3. The Bertz CT molecular complexity index is 822. The molecule has 108 valence electrons. The molecule has 7 heteroatoms. The molecule has 0 radical (unpaired) electrons. The van der Waals surface area contributed by atoms with E-state index in [0.717, 1.165) is 27.5 Å². The number of halogens is 2. The van der Waals surface area contributed by atoms with Crippen molar-refractivity contribution < 1.29 is 9.18 Å². The summed E-state index contributed by atoms with van der Waals surface area (Å²) in [7, 11) is 0. The summed E-state index contributed by atoms with van der Waals surface area (Å²) in [5, 5.41) is -0.978. The van der Waals surface area contributed by atoms with Crippen molar-refractivity contribution in [1.82, 2.24) is 9.13 Å². The second-order valence-electron chi connectivity index (χ2n) is 4.16. The molecular formula is C14H10ClFN2O3. The van der Waals surface area contributed by atoms with Gasteiger partial charge < -0.3 is 0 Å². The van der Waals surface area contributed by atoms with E-state index in [0.29, 0.717) is 0 Å². The maximum absolute atomic E-state index is 13.0. The van der Waals surface area contributed by atoms with Crippen LogP contribution >= 0.6 is 11.6 Å². The molecule has 0 atom stereocenters. The first-order valence-electron chi connectivity index (χ1n) is 5.89. The molecule has 21 heavy (non-hydrogen) atoms. The zero-order chi connectivity index (χ0) is 15.6. The minimum atomic E-state index is -0.978. The van der Waals surface area contributed by atoms with Crippen LogP contribution in [0, 0.1) is 5.82 Å².